The fourth-order valence-corrected chi connectivity index (χ4v) is 1.77. The van der Waals surface area contributed by atoms with Crippen molar-refractivity contribution in [2.24, 2.45) is 0 Å². The van der Waals surface area contributed by atoms with Crippen LogP contribution in [0.25, 0.3) is 0 Å². The number of anilines is 1. The molecule has 5 heteroatoms. The lowest BCUT2D eigenvalue weighted by Crippen LogP contribution is -2.19. The summed E-state index contributed by atoms with van der Waals surface area (Å²) in [5.41, 5.74) is 6.05. The minimum absolute atomic E-state index is 0.0893. The largest absolute Gasteiger partial charge is 0.399 e. The van der Waals surface area contributed by atoms with Crippen molar-refractivity contribution in [3.8, 4) is 0 Å². The van der Waals surface area contributed by atoms with E-state index in [0.717, 1.165) is 0 Å². The summed E-state index contributed by atoms with van der Waals surface area (Å²) in [6.07, 6.45) is -1.36. The van der Waals surface area contributed by atoms with Crippen molar-refractivity contribution in [2.75, 3.05) is 12.3 Å². The van der Waals surface area contributed by atoms with Crippen LogP contribution >= 0.6 is 0 Å². The summed E-state index contributed by atoms with van der Waals surface area (Å²) in [5.74, 6) is -0.694. The normalized spacial score (nSPS) is 25.0. The molecule has 0 aromatic heterocycles. The Morgan fingerprint density at radius 1 is 1.56 bits per heavy atom. The van der Waals surface area contributed by atoms with Gasteiger partial charge in [-0.3, -0.25) is 4.79 Å². The Bertz CT molecular complexity index is 422. The summed E-state index contributed by atoms with van der Waals surface area (Å²) in [5, 5.41) is 8.85. The fraction of sp³-hybridized carbons (Fsp3) is 0.364. The monoisotopic (exact) mass is 225 g/mol. The molecule has 0 saturated carbocycles. The summed E-state index contributed by atoms with van der Waals surface area (Å²) in [4.78, 5) is 11.3. The number of hydrogen-bond acceptors (Lipinski definition) is 4. The topological polar surface area (TPSA) is 72.6 Å². The second kappa shape index (κ2) is 4.19. The van der Waals surface area contributed by atoms with Crippen LogP contribution in [-0.4, -0.2) is 23.6 Å². The Kier molecular flexibility index (Phi) is 2.89. The molecule has 1 aliphatic heterocycles. The Balaban J connectivity index is 2.23. The molecule has 4 nitrogen and oxygen atoms in total. The predicted octanol–water partition coefficient (Wildman–Crippen LogP) is 0.799. The first kappa shape index (κ1) is 11.0. The maximum Gasteiger partial charge on any atom is 0.166 e. The number of carbonyl (C=O) groups excluding carboxylic acids is 1. The summed E-state index contributed by atoms with van der Waals surface area (Å²) < 4.78 is 18.8. The Morgan fingerprint density at radius 3 is 2.88 bits per heavy atom. The highest BCUT2D eigenvalue weighted by Crippen LogP contribution is 2.32. The lowest BCUT2D eigenvalue weighted by Gasteiger charge is -2.12. The van der Waals surface area contributed by atoms with Gasteiger partial charge in [0.2, 0.25) is 0 Å². The molecule has 86 valence electrons. The van der Waals surface area contributed by atoms with Crippen LogP contribution in [0.1, 0.15) is 18.1 Å². The zero-order valence-electron chi connectivity index (χ0n) is 8.52. The maximum atomic E-state index is 13.5. The van der Waals surface area contributed by atoms with Crippen molar-refractivity contribution in [1.82, 2.24) is 0 Å². The number of Topliss-reactive ketones (excluding diaryl/α,β-unsaturated/α-hetero) is 1. The van der Waals surface area contributed by atoms with Gasteiger partial charge in [0.1, 0.15) is 11.9 Å². The van der Waals surface area contributed by atoms with Gasteiger partial charge >= 0.3 is 0 Å². The summed E-state index contributed by atoms with van der Waals surface area (Å²) in [6.45, 7) is -0.369. The van der Waals surface area contributed by atoms with Gasteiger partial charge in [-0.25, -0.2) is 4.39 Å². The minimum Gasteiger partial charge on any atom is -0.399 e. The first-order valence-electron chi connectivity index (χ1n) is 4.95. The first-order valence-corrected chi connectivity index (χ1v) is 4.95. The first-order chi connectivity index (χ1) is 7.61. The van der Waals surface area contributed by atoms with Crippen molar-refractivity contribution in [3.05, 3.63) is 29.6 Å². The summed E-state index contributed by atoms with van der Waals surface area (Å²) in [6, 6.07) is 4.25. The van der Waals surface area contributed by atoms with Crippen LogP contribution in [0.3, 0.4) is 0 Å². The van der Waals surface area contributed by atoms with Gasteiger partial charge in [-0.2, -0.15) is 0 Å². The number of aliphatic hydroxyl groups excluding tert-OH is 1. The third-order valence-electron chi connectivity index (χ3n) is 2.61. The lowest BCUT2D eigenvalue weighted by molar-refractivity contribution is -0.124. The number of ketones is 1. The zero-order valence-corrected chi connectivity index (χ0v) is 8.52. The average Bonchev–Trinajstić information content (AvgIpc) is 2.59. The third-order valence-corrected chi connectivity index (χ3v) is 2.61. The third kappa shape index (κ3) is 1.91. The smallest absolute Gasteiger partial charge is 0.166 e. The van der Waals surface area contributed by atoms with E-state index in [-0.39, 0.29) is 18.8 Å². The molecule has 0 bridgehead atoms. The zero-order chi connectivity index (χ0) is 11.7. The van der Waals surface area contributed by atoms with Crippen molar-refractivity contribution in [2.45, 2.75) is 18.6 Å². The second-order valence-corrected chi connectivity index (χ2v) is 3.75. The summed E-state index contributed by atoms with van der Waals surface area (Å²) in [7, 11) is 0. The van der Waals surface area contributed by atoms with E-state index in [0.29, 0.717) is 11.3 Å². The van der Waals surface area contributed by atoms with Crippen LogP contribution in [0.5, 0.6) is 0 Å². The standard InChI is InChI=1S/C11H12FNO3/c12-8-3-6(13)1-2-7(8)10-4-9(15)11(5-14)16-10/h1-3,10-11,14H,4-5,13H2/t10-,11-/m1/s1. The molecule has 1 fully saturated rings. The molecule has 0 aliphatic carbocycles. The number of halogens is 1. The molecular weight excluding hydrogens is 213 g/mol. The predicted molar refractivity (Wildman–Crippen MR) is 55.1 cm³/mol. The number of nitrogens with two attached hydrogens (primary N) is 1. The maximum absolute atomic E-state index is 13.5. The van der Waals surface area contributed by atoms with Crippen LogP contribution in [0.15, 0.2) is 18.2 Å². The van der Waals surface area contributed by atoms with Crippen LogP contribution < -0.4 is 5.73 Å². The Hall–Kier alpha value is -1.46. The molecule has 0 spiro atoms. The molecule has 16 heavy (non-hydrogen) atoms. The average molecular weight is 225 g/mol. The molecule has 1 aliphatic rings. The van der Waals surface area contributed by atoms with Crippen LogP contribution in [0.4, 0.5) is 10.1 Å². The van der Waals surface area contributed by atoms with Gasteiger partial charge < -0.3 is 15.6 Å². The molecule has 3 N–H and O–H groups in total. The molecule has 0 radical (unpaired) electrons. The van der Waals surface area contributed by atoms with Gasteiger partial charge in [0, 0.05) is 17.7 Å². The van der Waals surface area contributed by atoms with Gasteiger partial charge in [-0.15, -0.1) is 0 Å². The van der Waals surface area contributed by atoms with E-state index in [2.05, 4.69) is 0 Å². The second-order valence-electron chi connectivity index (χ2n) is 3.75. The molecule has 0 amide bonds. The van der Waals surface area contributed by atoms with E-state index >= 15 is 0 Å². The number of nitrogen functional groups attached to an aromatic ring is 1. The van der Waals surface area contributed by atoms with Crippen molar-refractivity contribution >= 4 is 11.5 Å². The summed E-state index contributed by atoms with van der Waals surface area (Å²) >= 11 is 0. The van der Waals surface area contributed by atoms with Gasteiger partial charge in [0.25, 0.3) is 0 Å². The van der Waals surface area contributed by atoms with E-state index in [9.17, 15) is 9.18 Å². The highest BCUT2D eigenvalue weighted by Gasteiger charge is 2.34. The van der Waals surface area contributed by atoms with Crippen molar-refractivity contribution < 1.29 is 19.0 Å². The molecule has 1 saturated heterocycles. The Labute approximate surface area is 91.8 Å². The van der Waals surface area contributed by atoms with Crippen LogP contribution in [0.2, 0.25) is 0 Å². The van der Waals surface area contributed by atoms with Crippen molar-refractivity contribution in [1.29, 1.82) is 0 Å². The molecule has 1 aromatic rings. The van der Waals surface area contributed by atoms with E-state index in [1.54, 1.807) is 6.07 Å². The highest BCUT2D eigenvalue weighted by atomic mass is 19.1. The van der Waals surface area contributed by atoms with Crippen LogP contribution in [0, 0.1) is 5.82 Å². The number of ether oxygens (including phenoxy) is 1. The number of aliphatic hydroxyl groups is 1. The van der Waals surface area contributed by atoms with Crippen molar-refractivity contribution in [3.63, 3.8) is 0 Å². The molecule has 1 heterocycles. The molecule has 2 rings (SSSR count). The lowest BCUT2D eigenvalue weighted by atomic mass is 10.0. The van der Waals surface area contributed by atoms with E-state index in [1.807, 2.05) is 0 Å². The molecule has 2 atom stereocenters. The fourth-order valence-electron chi connectivity index (χ4n) is 1.77. The number of rotatable bonds is 2. The van der Waals surface area contributed by atoms with Crippen LogP contribution in [-0.2, 0) is 9.53 Å². The quantitative estimate of drug-likeness (QED) is 0.730. The molecule has 1 aromatic carbocycles. The number of benzene rings is 1. The van der Waals surface area contributed by atoms with Gasteiger partial charge in [0.05, 0.1) is 12.7 Å². The molecule has 0 unspecified atom stereocenters. The minimum atomic E-state index is -0.832. The molecular formula is C11H12FNO3. The SMILES string of the molecule is Nc1ccc([C@H]2CC(=O)[C@@H](CO)O2)c(F)c1. The number of hydrogen-bond donors (Lipinski definition) is 2. The van der Waals surface area contributed by atoms with Gasteiger partial charge in [-0.1, -0.05) is 6.07 Å². The van der Waals surface area contributed by atoms with Gasteiger partial charge in [-0.05, 0) is 12.1 Å². The number of carbonyl (C=O) groups is 1. The highest BCUT2D eigenvalue weighted by molar-refractivity contribution is 5.85. The van der Waals surface area contributed by atoms with E-state index in [4.69, 9.17) is 15.6 Å². The Morgan fingerprint density at radius 2 is 2.31 bits per heavy atom. The van der Waals surface area contributed by atoms with E-state index < -0.39 is 18.0 Å². The van der Waals surface area contributed by atoms with Gasteiger partial charge in [0.15, 0.2) is 5.78 Å². The van der Waals surface area contributed by atoms with E-state index in [1.165, 1.54) is 12.1 Å².